The number of aldehydes is 1. The lowest BCUT2D eigenvalue weighted by Crippen LogP contribution is -2.39. The second kappa shape index (κ2) is 11.0. The van der Waals surface area contributed by atoms with Gasteiger partial charge in [-0.25, -0.2) is 4.79 Å². The van der Waals surface area contributed by atoms with Crippen molar-refractivity contribution < 1.29 is 39.2 Å². The van der Waals surface area contributed by atoms with Gasteiger partial charge in [0.15, 0.2) is 5.78 Å². The largest absolute Gasteiger partial charge is 0.507 e. The van der Waals surface area contributed by atoms with Crippen LogP contribution >= 0.6 is 0 Å². The van der Waals surface area contributed by atoms with Crippen LogP contribution in [-0.4, -0.2) is 51.5 Å². The summed E-state index contributed by atoms with van der Waals surface area (Å²) in [6.07, 6.45) is 6.43. The fourth-order valence-corrected chi connectivity index (χ4v) is 5.69. The third kappa shape index (κ3) is 4.95. The third-order valence-corrected chi connectivity index (χ3v) is 7.87. The molecule has 2 heterocycles. The highest BCUT2D eigenvalue weighted by atomic mass is 16.6. The van der Waals surface area contributed by atoms with E-state index < -0.39 is 47.3 Å². The first-order valence-electron chi connectivity index (χ1n) is 13.4. The summed E-state index contributed by atoms with van der Waals surface area (Å²) < 4.78 is 5.65. The molecular weight excluding hydrogens is 514 g/mol. The Morgan fingerprint density at radius 1 is 1.23 bits per heavy atom. The molecule has 0 aromatic heterocycles. The number of aliphatic hydroxyl groups is 2. The van der Waals surface area contributed by atoms with Crippen molar-refractivity contribution in [2.24, 2.45) is 11.8 Å². The predicted molar refractivity (Wildman–Crippen MR) is 146 cm³/mol. The second-order valence-electron chi connectivity index (χ2n) is 11.0. The van der Waals surface area contributed by atoms with E-state index in [1.165, 1.54) is 19.1 Å². The number of carbonyl (C=O) groups excluding carboxylic acids is 4. The number of rotatable bonds is 4. The van der Waals surface area contributed by atoms with Crippen LogP contribution in [0.3, 0.4) is 0 Å². The molecule has 2 aliphatic heterocycles. The smallest absolute Gasteiger partial charge is 0.334 e. The SMILES string of the molecule is CCC1C=CC(C(O)C=C(C)C)OC(=O)C(C)=CC2C(=O)NC3=CC(=O)c4c(cc(C)c(O)c4C(C=O)C1)C32O. The molecule has 4 bridgehead atoms. The lowest BCUT2D eigenvalue weighted by molar-refractivity contribution is -0.145. The Hall–Kier alpha value is -3.82. The van der Waals surface area contributed by atoms with Crippen LogP contribution in [0.4, 0.5) is 0 Å². The Labute approximate surface area is 232 Å². The monoisotopic (exact) mass is 549 g/mol. The molecule has 4 rings (SSSR count). The van der Waals surface area contributed by atoms with Gasteiger partial charge in [0.1, 0.15) is 29.8 Å². The number of amides is 1. The number of ether oxygens (including phenoxy) is 1. The summed E-state index contributed by atoms with van der Waals surface area (Å²) in [5.74, 6) is -4.75. The summed E-state index contributed by atoms with van der Waals surface area (Å²) in [6.45, 7) is 8.52. The molecule has 9 nitrogen and oxygen atoms in total. The summed E-state index contributed by atoms with van der Waals surface area (Å²) in [6, 6.07) is 1.44. The van der Waals surface area contributed by atoms with Gasteiger partial charge in [-0.15, -0.1) is 0 Å². The number of phenolic OH excluding ortho intramolecular Hbond substituents is 1. The third-order valence-electron chi connectivity index (χ3n) is 7.87. The number of esters is 1. The normalized spacial score (nSPS) is 28.8. The van der Waals surface area contributed by atoms with Gasteiger partial charge in [-0.1, -0.05) is 30.7 Å². The van der Waals surface area contributed by atoms with E-state index in [9.17, 15) is 34.5 Å². The van der Waals surface area contributed by atoms with Crippen LogP contribution in [0.2, 0.25) is 0 Å². The minimum absolute atomic E-state index is 0.0134. The first-order chi connectivity index (χ1) is 18.8. The molecule has 0 spiro atoms. The van der Waals surface area contributed by atoms with Crippen molar-refractivity contribution in [2.75, 3.05) is 0 Å². The average Bonchev–Trinajstić information content (AvgIpc) is 3.13. The number of benzene rings is 1. The zero-order valence-corrected chi connectivity index (χ0v) is 23.2. The first kappa shape index (κ1) is 29.2. The number of cyclic esters (lactones) is 1. The molecule has 6 atom stereocenters. The number of carbonyl (C=O) groups is 4. The number of nitrogens with one attached hydrogen (secondary N) is 1. The van der Waals surface area contributed by atoms with E-state index in [4.69, 9.17) is 4.74 Å². The van der Waals surface area contributed by atoms with Gasteiger partial charge >= 0.3 is 5.97 Å². The summed E-state index contributed by atoms with van der Waals surface area (Å²) in [7, 11) is 0. The maximum atomic E-state index is 13.4. The highest BCUT2D eigenvalue weighted by Crippen LogP contribution is 2.50. The van der Waals surface area contributed by atoms with Gasteiger partial charge < -0.3 is 30.2 Å². The topological polar surface area (TPSA) is 150 Å². The lowest BCUT2D eigenvalue weighted by Gasteiger charge is -2.35. The molecule has 1 aromatic rings. The van der Waals surface area contributed by atoms with Crippen molar-refractivity contribution in [3.63, 3.8) is 0 Å². The number of aromatic hydroxyl groups is 1. The van der Waals surface area contributed by atoms with Crippen molar-refractivity contribution in [3.05, 3.63) is 75.5 Å². The van der Waals surface area contributed by atoms with E-state index in [1.807, 2.05) is 6.92 Å². The summed E-state index contributed by atoms with van der Waals surface area (Å²) >= 11 is 0. The molecule has 0 radical (unpaired) electrons. The van der Waals surface area contributed by atoms with Crippen molar-refractivity contribution in [2.45, 2.75) is 71.2 Å². The maximum Gasteiger partial charge on any atom is 0.334 e. The van der Waals surface area contributed by atoms with Gasteiger partial charge in [-0.2, -0.15) is 0 Å². The minimum atomic E-state index is -2.06. The number of aryl methyl sites for hydroxylation is 1. The molecule has 212 valence electrons. The minimum Gasteiger partial charge on any atom is -0.507 e. The van der Waals surface area contributed by atoms with Crippen LogP contribution in [0, 0.1) is 18.8 Å². The van der Waals surface area contributed by atoms with Gasteiger partial charge in [0.05, 0.1) is 11.6 Å². The van der Waals surface area contributed by atoms with Crippen LogP contribution in [0.5, 0.6) is 5.75 Å². The van der Waals surface area contributed by atoms with E-state index in [1.54, 1.807) is 39.0 Å². The Kier molecular flexibility index (Phi) is 8.01. The molecule has 1 aliphatic carbocycles. The van der Waals surface area contributed by atoms with E-state index in [0.29, 0.717) is 18.3 Å². The van der Waals surface area contributed by atoms with E-state index in [-0.39, 0.29) is 46.0 Å². The Morgan fingerprint density at radius 3 is 2.55 bits per heavy atom. The van der Waals surface area contributed by atoms with E-state index in [2.05, 4.69) is 5.32 Å². The van der Waals surface area contributed by atoms with Crippen LogP contribution in [0.1, 0.15) is 73.5 Å². The molecule has 0 saturated carbocycles. The van der Waals surface area contributed by atoms with Crippen LogP contribution < -0.4 is 5.32 Å². The summed E-state index contributed by atoms with van der Waals surface area (Å²) in [5, 5.41) is 36.6. The molecule has 1 amide bonds. The molecular formula is C31H35NO8. The van der Waals surface area contributed by atoms with E-state index >= 15 is 0 Å². The van der Waals surface area contributed by atoms with Gasteiger partial charge in [0.25, 0.3) is 0 Å². The number of hydrogen-bond acceptors (Lipinski definition) is 8. The lowest BCUT2D eigenvalue weighted by atomic mass is 9.71. The first-order valence-corrected chi connectivity index (χ1v) is 13.4. The maximum absolute atomic E-state index is 13.4. The zero-order valence-electron chi connectivity index (χ0n) is 23.2. The Bertz CT molecular complexity index is 1400. The highest BCUT2D eigenvalue weighted by Gasteiger charge is 2.55. The standard InChI is InChI=1S/C31H35NO8/c1-6-18-7-8-24(22(34)9-15(2)3)40-30(38)17(5)11-21-29(37)32-25-13-23(35)27-20(31(21,25)39)10-16(4)28(36)26(27)19(12-18)14-33/h7-11,13-14,18-19,21-22,24,34,36,39H,6,12H2,1-5H3,(H,32,37). The van der Waals surface area contributed by atoms with E-state index in [0.717, 1.165) is 11.6 Å². The number of hydrogen-bond donors (Lipinski definition) is 4. The summed E-state index contributed by atoms with van der Waals surface area (Å²) in [4.78, 5) is 52.2. The number of ketones is 1. The van der Waals surface area contributed by atoms with Crippen molar-refractivity contribution in [1.29, 1.82) is 0 Å². The zero-order chi connectivity index (χ0) is 29.5. The van der Waals surface area contributed by atoms with Crippen LogP contribution in [-0.2, 0) is 24.7 Å². The predicted octanol–water partition coefficient (Wildman–Crippen LogP) is 3.17. The van der Waals surface area contributed by atoms with Crippen molar-refractivity contribution in [1.82, 2.24) is 5.32 Å². The van der Waals surface area contributed by atoms with Gasteiger partial charge in [0.2, 0.25) is 5.91 Å². The van der Waals surface area contributed by atoms with Gasteiger partial charge in [-0.3, -0.25) is 9.59 Å². The quantitative estimate of drug-likeness (QED) is 0.254. The van der Waals surface area contributed by atoms with Crippen molar-refractivity contribution in [3.8, 4) is 5.75 Å². The van der Waals surface area contributed by atoms with Crippen LogP contribution in [0.25, 0.3) is 0 Å². The molecule has 3 aliphatic rings. The van der Waals surface area contributed by atoms with Crippen molar-refractivity contribution >= 4 is 23.9 Å². The molecule has 1 saturated heterocycles. The Balaban J connectivity index is 2.00. The molecule has 9 heteroatoms. The van der Waals surface area contributed by atoms with Crippen LogP contribution in [0.15, 0.2) is 53.3 Å². The Morgan fingerprint density at radius 2 is 1.93 bits per heavy atom. The number of phenols is 1. The molecule has 1 aromatic carbocycles. The molecule has 1 fully saturated rings. The fraction of sp³-hybridized carbons (Fsp3) is 0.419. The molecule has 6 unspecified atom stereocenters. The number of aliphatic hydroxyl groups excluding tert-OH is 1. The van der Waals surface area contributed by atoms with Gasteiger partial charge in [-0.05, 0) is 64.2 Å². The fourth-order valence-electron chi connectivity index (χ4n) is 5.69. The average molecular weight is 550 g/mol. The van der Waals surface area contributed by atoms with Gasteiger partial charge in [0, 0.05) is 34.3 Å². The number of allylic oxidation sites excluding steroid dienone is 3. The second-order valence-corrected chi connectivity index (χ2v) is 11.0. The molecule has 4 N–H and O–H groups in total. The summed E-state index contributed by atoms with van der Waals surface area (Å²) in [5.41, 5.74) is -0.848. The molecule has 40 heavy (non-hydrogen) atoms. The highest BCUT2D eigenvalue weighted by molar-refractivity contribution is 6.12.